The number of carbonyl (C=O) groups is 3. The molecule has 206 valence electrons. The van der Waals surface area contributed by atoms with Crippen molar-refractivity contribution in [3.8, 4) is 0 Å². The molecule has 2 aromatic carbocycles. The summed E-state index contributed by atoms with van der Waals surface area (Å²) < 4.78 is 51.7. The lowest BCUT2D eigenvalue weighted by atomic mass is 10.1. The molecule has 1 saturated heterocycles. The summed E-state index contributed by atoms with van der Waals surface area (Å²) in [6.07, 6.45) is -6.19. The maximum atomic E-state index is 13.8. The van der Waals surface area contributed by atoms with Crippen LogP contribution in [0.5, 0.6) is 0 Å². The minimum absolute atomic E-state index is 0.0146. The SMILES string of the molecule is CC(C)(C)OC(=O)N1CCN(CC(=O)Nc2cccc(NC(=O)OCc3ccccc3)c2)C(C(F)(F)F)C1. The lowest BCUT2D eigenvalue weighted by Gasteiger charge is -2.41. The van der Waals surface area contributed by atoms with Crippen molar-refractivity contribution in [3.63, 3.8) is 0 Å². The zero-order valence-corrected chi connectivity index (χ0v) is 21.4. The molecule has 3 rings (SSSR count). The van der Waals surface area contributed by atoms with Crippen LogP contribution in [0.3, 0.4) is 0 Å². The third kappa shape index (κ3) is 8.94. The van der Waals surface area contributed by atoms with Crippen molar-refractivity contribution in [1.82, 2.24) is 9.80 Å². The molecule has 2 N–H and O–H groups in total. The van der Waals surface area contributed by atoms with Gasteiger partial charge in [0.25, 0.3) is 0 Å². The molecule has 0 aliphatic carbocycles. The highest BCUT2D eigenvalue weighted by Gasteiger charge is 2.48. The van der Waals surface area contributed by atoms with Gasteiger partial charge >= 0.3 is 18.4 Å². The molecule has 0 bridgehead atoms. The van der Waals surface area contributed by atoms with Crippen molar-refractivity contribution in [3.05, 3.63) is 60.2 Å². The summed E-state index contributed by atoms with van der Waals surface area (Å²) >= 11 is 0. The van der Waals surface area contributed by atoms with E-state index in [1.807, 2.05) is 30.3 Å². The zero-order chi connectivity index (χ0) is 27.9. The first-order chi connectivity index (χ1) is 17.8. The smallest absolute Gasteiger partial charge is 0.411 e. The van der Waals surface area contributed by atoms with E-state index in [0.29, 0.717) is 5.69 Å². The average Bonchev–Trinajstić information content (AvgIpc) is 2.82. The highest BCUT2D eigenvalue weighted by atomic mass is 19.4. The molecule has 1 aliphatic heterocycles. The molecule has 0 radical (unpaired) electrons. The molecule has 38 heavy (non-hydrogen) atoms. The van der Waals surface area contributed by atoms with E-state index < -0.39 is 49.0 Å². The summed E-state index contributed by atoms with van der Waals surface area (Å²) in [6.45, 7) is 3.61. The monoisotopic (exact) mass is 536 g/mol. The number of nitrogens with zero attached hydrogens (tertiary/aromatic N) is 2. The topological polar surface area (TPSA) is 100 Å². The van der Waals surface area contributed by atoms with Crippen molar-refractivity contribution < 1.29 is 37.0 Å². The Morgan fingerprint density at radius 1 is 0.947 bits per heavy atom. The lowest BCUT2D eigenvalue weighted by molar-refractivity contribution is -0.195. The van der Waals surface area contributed by atoms with Gasteiger partial charge in [-0.15, -0.1) is 0 Å². The number of halogens is 3. The van der Waals surface area contributed by atoms with E-state index >= 15 is 0 Å². The second-order valence-electron chi connectivity index (χ2n) is 9.77. The number of nitrogens with one attached hydrogen (secondary N) is 2. The van der Waals surface area contributed by atoms with Gasteiger partial charge in [-0.05, 0) is 44.5 Å². The maximum absolute atomic E-state index is 13.8. The van der Waals surface area contributed by atoms with Crippen LogP contribution in [0, 0.1) is 0 Å². The Bertz CT molecular complexity index is 1120. The molecule has 0 aromatic heterocycles. The maximum Gasteiger partial charge on any atom is 0.411 e. The predicted molar refractivity (Wildman–Crippen MR) is 135 cm³/mol. The lowest BCUT2D eigenvalue weighted by Crippen LogP contribution is -2.61. The number of carbonyl (C=O) groups excluding carboxylic acids is 3. The Kier molecular flexibility index (Phi) is 9.21. The van der Waals surface area contributed by atoms with Crippen LogP contribution >= 0.6 is 0 Å². The fourth-order valence-electron chi connectivity index (χ4n) is 3.75. The van der Waals surface area contributed by atoms with Gasteiger partial charge in [0.05, 0.1) is 6.54 Å². The number of hydrogen-bond donors (Lipinski definition) is 2. The van der Waals surface area contributed by atoms with Crippen LogP contribution in [0.2, 0.25) is 0 Å². The summed E-state index contributed by atoms with van der Waals surface area (Å²) in [5.74, 6) is -0.672. The van der Waals surface area contributed by atoms with Crippen LogP contribution < -0.4 is 10.6 Å². The second-order valence-corrected chi connectivity index (χ2v) is 9.77. The Labute approximate surface area is 218 Å². The van der Waals surface area contributed by atoms with E-state index in [4.69, 9.17) is 9.47 Å². The van der Waals surface area contributed by atoms with E-state index in [9.17, 15) is 27.6 Å². The largest absolute Gasteiger partial charge is 0.444 e. The number of ether oxygens (including phenoxy) is 2. The van der Waals surface area contributed by atoms with E-state index in [0.717, 1.165) is 15.4 Å². The fraction of sp³-hybridized carbons (Fsp3) is 0.423. The molecule has 1 atom stereocenters. The molecule has 1 fully saturated rings. The van der Waals surface area contributed by atoms with E-state index in [2.05, 4.69) is 10.6 Å². The van der Waals surface area contributed by atoms with Gasteiger partial charge in [-0.25, -0.2) is 9.59 Å². The Morgan fingerprint density at radius 3 is 2.24 bits per heavy atom. The molecule has 9 nitrogen and oxygen atoms in total. The normalized spacial score (nSPS) is 16.5. The second kappa shape index (κ2) is 12.2. The van der Waals surface area contributed by atoms with Gasteiger partial charge in [0.15, 0.2) is 0 Å². The quantitative estimate of drug-likeness (QED) is 0.547. The first kappa shape index (κ1) is 28.8. The van der Waals surface area contributed by atoms with Gasteiger partial charge in [-0.2, -0.15) is 13.2 Å². The number of benzene rings is 2. The highest BCUT2D eigenvalue weighted by molar-refractivity contribution is 5.93. The van der Waals surface area contributed by atoms with Crippen LogP contribution in [0.4, 0.5) is 34.1 Å². The molecule has 12 heteroatoms. The minimum Gasteiger partial charge on any atom is -0.444 e. The predicted octanol–water partition coefficient (Wildman–Crippen LogP) is 4.86. The number of anilines is 2. The van der Waals surface area contributed by atoms with Gasteiger partial charge in [0.2, 0.25) is 5.91 Å². The summed E-state index contributed by atoms with van der Waals surface area (Å²) in [5, 5.41) is 5.10. The van der Waals surface area contributed by atoms with Gasteiger partial charge in [0.1, 0.15) is 18.2 Å². The number of alkyl halides is 3. The molecule has 3 amide bonds. The molecule has 0 spiro atoms. The summed E-state index contributed by atoms with van der Waals surface area (Å²) in [6, 6.07) is 13.2. The van der Waals surface area contributed by atoms with Crippen molar-refractivity contribution in [2.45, 2.75) is 45.2 Å². The van der Waals surface area contributed by atoms with Crippen LogP contribution in [0.15, 0.2) is 54.6 Å². The first-order valence-corrected chi connectivity index (χ1v) is 12.0. The number of rotatable bonds is 6. The van der Waals surface area contributed by atoms with Gasteiger partial charge in [0, 0.05) is 31.0 Å². The van der Waals surface area contributed by atoms with Crippen molar-refractivity contribution in [2.24, 2.45) is 0 Å². The van der Waals surface area contributed by atoms with E-state index in [1.165, 1.54) is 6.07 Å². The summed E-state index contributed by atoms with van der Waals surface area (Å²) in [5.41, 5.74) is 0.587. The summed E-state index contributed by atoms with van der Waals surface area (Å²) in [7, 11) is 0. The molecule has 1 heterocycles. The number of hydrogen-bond acceptors (Lipinski definition) is 6. The third-order valence-electron chi connectivity index (χ3n) is 5.47. The van der Waals surface area contributed by atoms with Gasteiger partial charge in [-0.3, -0.25) is 15.0 Å². The molecule has 0 saturated carbocycles. The third-order valence-corrected chi connectivity index (χ3v) is 5.47. The van der Waals surface area contributed by atoms with Gasteiger partial charge < -0.3 is 19.7 Å². The van der Waals surface area contributed by atoms with Crippen LogP contribution in [0.25, 0.3) is 0 Å². The molecule has 1 aliphatic rings. The molecular formula is C26H31F3N4O5. The Balaban J connectivity index is 1.55. The summed E-state index contributed by atoms with van der Waals surface area (Å²) in [4.78, 5) is 39.0. The van der Waals surface area contributed by atoms with Crippen molar-refractivity contribution in [1.29, 1.82) is 0 Å². The van der Waals surface area contributed by atoms with Crippen LogP contribution in [-0.2, 0) is 20.9 Å². The molecular weight excluding hydrogens is 505 g/mol. The zero-order valence-electron chi connectivity index (χ0n) is 21.4. The Hall–Kier alpha value is -3.80. The number of amides is 3. The first-order valence-electron chi connectivity index (χ1n) is 12.0. The Morgan fingerprint density at radius 2 is 1.61 bits per heavy atom. The van der Waals surface area contributed by atoms with Crippen LogP contribution in [-0.4, -0.2) is 71.9 Å². The average molecular weight is 537 g/mol. The number of piperazine rings is 1. The van der Waals surface area contributed by atoms with Crippen molar-refractivity contribution in [2.75, 3.05) is 36.8 Å². The van der Waals surface area contributed by atoms with E-state index in [1.54, 1.807) is 39.0 Å². The highest BCUT2D eigenvalue weighted by Crippen LogP contribution is 2.28. The standard InChI is InChI=1S/C26H31F3N4O5/c1-25(2,3)38-24(36)33-13-12-32(21(15-33)26(27,28)29)16-22(34)30-19-10-7-11-20(14-19)31-23(35)37-17-18-8-5-4-6-9-18/h4-11,14,21H,12-13,15-17H2,1-3H3,(H,30,34)(H,31,35). The van der Waals surface area contributed by atoms with E-state index in [-0.39, 0.29) is 25.4 Å². The molecule has 2 aromatic rings. The van der Waals surface area contributed by atoms with Gasteiger partial charge in [-0.1, -0.05) is 36.4 Å². The minimum atomic E-state index is -4.66. The van der Waals surface area contributed by atoms with Crippen LogP contribution in [0.1, 0.15) is 26.3 Å². The molecule has 1 unspecified atom stereocenters. The van der Waals surface area contributed by atoms with Crippen molar-refractivity contribution >= 4 is 29.5 Å². The fourth-order valence-corrected chi connectivity index (χ4v) is 3.75.